The van der Waals surface area contributed by atoms with Crippen molar-refractivity contribution in [2.75, 3.05) is 44.5 Å². The van der Waals surface area contributed by atoms with Gasteiger partial charge in [0.25, 0.3) is 0 Å². The molecule has 1 rings (SSSR count). The van der Waals surface area contributed by atoms with Crippen LogP contribution in [-0.4, -0.2) is 44.6 Å². The summed E-state index contributed by atoms with van der Waals surface area (Å²) in [5, 5.41) is 12.1. The van der Waals surface area contributed by atoms with Crippen molar-refractivity contribution in [3.63, 3.8) is 0 Å². The monoisotopic (exact) mass is 282 g/mol. The zero-order valence-electron chi connectivity index (χ0n) is 11.7. The van der Waals surface area contributed by atoms with E-state index in [4.69, 9.17) is 20.3 Å². The molecule has 0 aromatic heterocycles. The Balaban J connectivity index is 2.24. The van der Waals surface area contributed by atoms with E-state index in [1.807, 2.05) is 0 Å². The van der Waals surface area contributed by atoms with Crippen molar-refractivity contribution in [2.24, 2.45) is 0 Å². The molecule has 4 N–H and O–H groups in total. The lowest BCUT2D eigenvalue weighted by Crippen LogP contribution is -2.08. The van der Waals surface area contributed by atoms with E-state index in [9.17, 15) is 4.79 Å². The Morgan fingerprint density at radius 2 is 2.10 bits per heavy atom. The minimum atomic E-state index is -0.959. The lowest BCUT2D eigenvalue weighted by Gasteiger charge is -2.10. The van der Waals surface area contributed by atoms with Crippen molar-refractivity contribution in [1.82, 2.24) is 0 Å². The van der Waals surface area contributed by atoms with Crippen molar-refractivity contribution in [3.05, 3.63) is 23.8 Å². The van der Waals surface area contributed by atoms with Crippen LogP contribution in [0.4, 0.5) is 11.4 Å². The lowest BCUT2D eigenvalue weighted by molar-refractivity contribution is 0.0691. The third kappa shape index (κ3) is 5.90. The van der Waals surface area contributed by atoms with Crippen LogP contribution in [0.1, 0.15) is 23.2 Å². The van der Waals surface area contributed by atoms with Crippen LogP contribution >= 0.6 is 0 Å². The van der Waals surface area contributed by atoms with Crippen LogP contribution in [0.3, 0.4) is 0 Å². The number of nitrogens with one attached hydrogen (secondary N) is 1. The van der Waals surface area contributed by atoms with Crippen LogP contribution in [0.25, 0.3) is 0 Å². The summed E-state index contributed by atoms with van der Waals surface area (Å²) in [6.45, 7) is 2.63. The van der Waals surface area contributed by atoms with Crippen molar-refractivity contribution in [3.8, 4) is 0 Å². The second kappa shape index (κ2) is 9.17. The Hall–Kier alpha value is -1.79. The normalized spacial score (nSPS) is 10.4. The van der Waals surface area contributed by atoms with Crippen molar-refractivity contribution < 1.29 is 19.4 Å². The number of carboxylic acid groups (broad SMARTS) is 1. The number of nitrogens with two attached hydrogens (primary N) is 1. The predicted molar refractivity (Wildman–Crippen MR) is 78.2 cm³/mol. The van der Waals surface area contributed by atoms with E-state index in [-0.39, 0.29) is 5.56 Å². The van der Waals surface area contributed by atoms with Gasteiger partial charge in [-0.2, -0.15) is 0 Å². The Morgan fingerprint density at radius 1 is 1.30 bits per heavy atom. The van der Waals surface area contributed by atoms with Crippen LogP contribution < -0.4 is 11.1 Å². The first-order valence-electron chi connectivity index (χ1n) is 6.58. The summed E-state index contributed by atoms with van der Waals surface area (Å²) >= 11 is 0. The molecule has 0 saturated carbocycles. The smallest absolute Gasteiger partial charge is 0.335 e. The van der Waals surface area contributed by atoms with E-state index in [0.29, 0.717) is 31.2 Å². The van der Waals surface area contributed by atoms with Gasteiger partial charge in [-0.05, 0) is 31.0 Å². The Morgan fingerprint density at radius 3 is 2.80 bits per heavy atom. The molecule has 0 aliphatic rings. The summed E-state index contributed by atoms with van der Waals surface area (Å²) in [6.07, 6.45) is 1.85. The quantitative estimate of drug-likeness (QED) is 0.448. The van der Waals surface area contributed by atoms with Gasteiger partial charge in [-0.25, -0.2) is 4.79 Å². The molecule has 0 fully saturated rings. The maximum atomic E-state index is 10.9. The van der Waals surface area contributed by atoms with Gasteiger partial charge in [0.15, 0.2) is 0 Å². The van der Waals surface area contributed by atoms with Crippen molar-refractivity contribution >= 4 is 17.3 Å². The highest BCUT2D eigenvalue weighted by Crippen LogP contribution is 2.20. The van der Waals surface area contributed by atoms with Crippen LogP contribution in [0, 0.1) is 0 Å². The first kappa shape index (κ1) is 16.3. The second-order valence-corrected chi connectivity index (χ2v) is 4.35. The van der Waals surface area contributed by atoms with Gasteiger partial charge >= 0.3 is 5.97 Å². The predicted octanol–water partition coefficient (Wildman–Crippen LogP) is 1.82. The third-order valence-corrected chi connectivity index (χ3v) is 2.76. The van der Waals surface area contributed by atoms with Crippen molar-refractivity contribution in [2.45, 2.75) is 12.8 Å². The topological polar surface area (TPSA) is 93.8 Å². The molecule has 0 aliphatic carbocycles. The van der Waals surface area contributed by atoms with Gasteiger partial charge in [0.2, 0.25) is 0 Å². The Labute approximate surface area is 118 Å². The zero-order valence-corrected chi connectivity index (χ0v) is 11.7. The van der Waals surface area contributed by atoms with Gasteiger partial charge < -0.3 is 25.6 Å². The average Bonchev–Trinajstić information content (AvgIpc) is 2.43. The maximum absolute atomic E-state index is 10.9. The highest BCUT2D eigenvalue weighted by Gasteiger charge is 2.06. The number of carboxylic acids is 1. The number of rotatable bonds is 10. The van der Waals surface area contributed by atoms with Gasteiger partial charge in [0.1, 0.15) is 0 Å². The van der Waals surface area contributed by atoms with Crippen LogP contribution in [0.2, 0.25) is 0 Å². The van der Waals surface area contributed by atoms with E-state index in [1.54, 1.807) is 19.2 Å². The fourth-order valence-electron chi connectivity index (χ4n) is 1.64. The first-order chi connectivity index (χ1) is 9.65. The number of hydrogen-bond donors (Lipinski definition) is 3. The molecule has 1 aromatic rings. The summed E-state index contributed by atoms with van der Waals surface area (Å²) in [7, 11) is 1.64. The number of aromatic carboxylic acids is 1. The highest BCUT2D eigenvalue weighted by atomic mass is 16.5. The fourth-order valence-corrected chi connectivity index (χ4v) is 1.64. The molecule has 0 amide bonds. The minimum absolute atomic E-state index is 0.226. The molecule has 1 aromatic carbocycles. The molecule has 112 valence electrons. The van der Waals surface area contributed by atoms with E-state index in [1.165, 1.54) is 6.07 Å². The summed E-state index contributed by atoms with van der Waals surface area (Å²) in [6, 6.07) is 4.64. The van der Waals surface area contributed by atoms with Crippen LogP contribution in [-0.2, 0) is 9.47 Å². The van der Waals surface area contributed by atoms with Gasteiger partial charge in [-0.3, -0.25) is 0 Å². The number of benzene rings is 1. The summed E-state index contributed by atoms with van der Waals surface area (Å²) < 4.78 is 10.2. The van der Waals surface area contributed by atoms with Gasteiger partial charge in [-0.15, -0.1) is 0 Å². The van der Waals surface area contributed by atoms with Gasteiger partial charge in [-0.1, -0.05) is 0 Å². The molecule has 0 aliphatic heterocycles. The maximum Gasteiger partial charge on any atom is 0.335 e. The third-order valence-electron chi connectivity index (χ3n) is 2.76. The number of ether oxygens (including phenoxy) is 2. The largest absolute Gasteiger partial charge is 0.478 e. The molecular weight excluding hydrogens is 260 g/mol. The molecule has 0 heterocycles. The lowest BCUT2D eigenvalue weighted by atomic mass is 10.1. The molecule has 0 radical (unpaired) electrons. The average molecular weight is 282 g/mol. The Kier molecular flexibility index (Phi) is 7.46. The van der Waals surface area contributed by atoms with E-state index in [0.717, 1.165) is 19.4 Å². The SMILES string of the molecule is COCCOCCCCNc1cc(C(=O)O)ccc1N. The van der Waals surface area contributed by atoms with Crippen LogP contribution in [0.5, 0.6) is 0 Å². The van der Waals surface area contributed by atoms with E-state index >= 15 is 0 Å². The van der Waals surface area contributed by atoms with Crippen molar-refractivity contribution in [1.29, 1.82) is 0 Å². The van der Waals surface area contributed by atoms with E-state index < -0.39 is 5.97 Å². The number of unbranched alkanes of at least 4 members (excludes halogenated alkanes) is 1. The molecule has 20 heavy (non-hydrogen) atoms. The first-order valence-corrected chi connectivity index (χ1v) is 6.58. The summed E-state index contributed by atoms with van der Waals surface area (Å²) in [5.74, 6) is -0.959. The van der Waals surface area contributed by atoms with Crippen LogP contribution in [0.15, 0.2) is 18.2 Å². The number of methoxy groups -OCH3 is 1. The minimum Gasteiger partial charge on any atom is -0.478 e. The molecule has 0 bridgehead atoms. The fraction of sp³-hybridized carbons (Fsp3) is 0.500. The molecule has 0 spiro atoms. The molecule has 6 heteroatoms. The number of carbonyl (C=O) groups is 1. The molecule has 0 atom stereocenters. The van der Waals surface area contributed by atoms with E-state index in [2.05, 4.69) is 5.32 Å². The number of nitrogen functional groups attached to an aromatic ring is 1. The van der Waals surface area contributed by atoms with Gasteiger partial charge in [0.05, 0.1) is 30.2 Å². The molecular formula is C14H22N2O4. The Bertz CT molecular complexity index is 424. The zero-order chi connectivity index (χ0) is 14.8. The van der Waals surface area contributed by atoms with Gasteiger partial charge in [0, 0.05) is 20.3 Å². The summed E-state index contributed by atoms with van der Waals surface area (Å²) in [5.41, 5.74) is 7.22. The summed E-state index contributed by atoms with van der Waals surface area (Å²) in [4.78, 5) is 10.9. The molecule has 0 saturated heterocycles. The number of hydrogen-bond acceptors (Lipinski definition) is 5. The highest BCUT2D eigenvalue weighted by molar-refractivity contribution is 5.90. The standard InChI is InChI=1S/C14H22N2O4/c1-19-8-9-20-7-3-2-6-16-13-10-11(14(17)18)4-5-12(13)15/h4-5,10,16H,2-3,6-9,15H2,1H3,(H,17,18). The molecule has 6 nitrogen and oxygen atoms in total. The molecule has 0 unspecified atom stereocenters. The number of anilines is 2. The second-order valence-electron chi connectivity index (χ2n) is 4.35.